The monoisotopic (exact) mass is 255 g/mol. The molecule has 1 aliphatic rings. The standard InChI is InChI=1S/C13H25N3O2/c1-10(2)14-7-4-13(18)16-8-5-12(6-9-16)15-11(3)17/h10,12,14H,4-9H2,1-3H3,(H,15,17). The Kier molecular flexibility index (Phi) is 6.12. The van der Waals surface area contributed by atoms with Crippen molar-refractivity contribution >= 4 is 11.8 Å². The SMILES string of the molecule is CC(=O)NC1CCN(C(=O)CCNC(C)C)CC1. The quantitative estimate of drug-likeness (QED) is 0.752. The maximum atomic E-state index is 11.9. The summed E-state index contributed by atoms with van der Waals surface area (Å²) < 4.78 is 0. The number of carbonyl (C=O) groups excluding carboxylic acids is 2. The van der Waals surface area contributed by atoms with Crippen LogP contribution in [-0.4, -0.2) is 48.4 Å². The highest BCUT2D eigenvalue weighted by molar-refractivity contribution is 5.76. The summed E-state index contributed by atoms with van der Waals surface area (Å²) in [6.07, 6.45) is 2.29. The summed E-state index contributed by atoms with van der Waals surface area (Å²) in [5.74, 6) is 0.227. The van der Waals surface area contributed by atoms with Crippen LogP contribution >= 0.6 is 0 Å². The van der Waals surface area contributed by atoms with Gasteiger partial charge in [0.15, 0.2) is 0 Å². The molecule has 1 rings (SSSR count). The second-order valence-electron chi connectivity index (χ2n) is 5.21. The van der Waals surface area contributed by atoms with E-state index in [-0.39, 0.29) is 17.9 Å². The molecule has 0 aromatic carbocycles. The van der Waals surface area contributed by atoms with Crippen LogP contribution in [0.1, 0.15) is 40.0 Å². The van der Waals surface area contributed by atoms with Gasteiger partial charge in [-0.25, -0.2) is 0 Å². The minimum Gasteiger partial charge on any atom is -0.353 e. The fraction of sp³-hybridized carbons (Fsp3) is 0.846. The Labute approximate surface area is 109 Å². The number of nitrogens with zero attached hydrogens (tertiary/aromatic N) is 1. The lowest BCUT2D eigenvalue weighted by molar-refractivity contribution is -0.132. The molecular weight excluding hydrogens is 230 g/mol. The van der Waals surface area contributed by atoms with Crippen molar-refractivity contribution in [2.75, 3.05) is 19.6 Å². The van der Waals surface area contributed by atoms with E-state index in [0.717, 1.165) is 32.5 Å². The van der Waals surface area contributed by atoms with Crippen LogP contribution in [0.2, 0.25) is 0 Å². The minimum atomic E-state index is 0.0147. The molecule has 1 aliphatic heterocycles. The number of piperidine rings is 1. The molecule has 0 aromatic rings. The molecule has 0 unspecified atom stereocenters. The van der Waals surface area contributed by atoms with E-state index in [0.29, 0.717) is 12.5 Å². The lowest BCUT2D eigenvalue weighted by atomic mass is 10.0. The van der Waals surface area contributed by atoms with Gasteiger partial charge in [0.1, 0.15) is 0 Å². The van der Waals surface area contributed by atoms with E-state index in [1.165, 1.54) is 6.92 Å². The third kappa shape index (κ3) is 5.49. The summed E-state index contributed by atoms with van der Waals surface area (Å²) in [4.78, 5) is 24.7. The molecule has 104 valence electrons. The number of hydrogen-bond acceptors (Lipinski definition) is 3. The molecule has 18 heavy (non-hydrogen) atoms. The van der Waals surface area contributed by atoms with E-state index in [1.54, 1.807) is 0 Å². The number of nitrogens with one attached hydrogen (secondary N) is 2. The van der Waals surface area contributed by atoms with Crippen molar-refractivity contribution in [1.29, 1.82) is 0 Å². The van der Waals surface area contributed by atoms with Crippen LogP contribution < -0.4 is 10.6 Å². The highest BCUT2D eigenvalue weighted by Gasteiger charge is 2.22. The minimum absolute atomic E-state index is 0.0147. The van der Waals surface area contributed by atoms with Gasteiger partial charge in [0, 0.05) is 45.1 Å². The van der Waals surface area contributed by atoms with Crippen molar-refractivity contribution in [1.82, 2.24) is 15.5 Å². The zero-order valence-corrected chi connectivity index (χ0v) is 11.7. The highest BCUT2D eigenvalue weighted by Crippen LogP contribution is 2.11. The van der Waals surface area contributed by atoms with Gasteiger partial charge in [0.2, 0.25) is 11.8 Å². The van der Waals surface area contributed by atoms with Crippen LogP contribution in [0.4, 0.5) is 0 Å². The molecule has 1 heterocycles. The van der Waals surface area contributed by atoms with E-state index < -0.39 is 0 Å². The molecule has 0 atom stereocenters. The molecular formula is C13H25N3O2. The van der Waals surface area contributed by atoms with Crippen LogP contribution in [0.5, 0.6) is 0 Å². The fourth-order valence-electron chi connectivity index (χ4n) is 2.19. The van der Waals surface area contributed by atoms with Gasteiger partial charge in [0.25, 0.3) is 0 Å². The molecule has 0 saturated carbocycles. The first-order valence-electron chi connectivity index (χ1n) is 6.77. The Morgan fingerprint density at radius 1 is 1.28 bits per heavy atom. The zero-order chi connectivity index (χ0) is 13.5. The topological polar surface area (TPSA) is 61.4 Å². The molecule has 0 bridgehead atoms. The van der Waals surface area contributed by atoms with E-state index >= 15 is 0 Å². The molecule has 1 saturated heterocycles. The third-order valence-electron chi connectivity index (χ3n) is 3.15. The van der Waals surface area contributed by atoms with Gasteiger partial charge in [-0.15, -0.1) is 0 Å². The molecule has 1 fully saturated rings. The molecule has 0 radical (unpaired) electrons. The summed E-state index contributed by atoms with van der Waals surface area (Å²) in [7, 11) is 0. The van der Waals surface area contributed by atoms with Gasteiger partial charge in [-0.2, -0.15) is 0 Å². The van der Waals surface area contributed by atoms with E-state index in [1.807, 2.05) is 4.90 Å². The molecule has 2 amide bonds. The molecule has 0 spiro atoms. The Hall–Kier alpha value is -1.10. The van der Waals surface area contributed by atoms with Crippen molar-refractivity contribution in [3.8, 4) is 0 Å². The van der Waals surface area contributed by atoms with Crippen molar-refractivity contribution < 1.29 is 9.59 Å². The van der Waals surface area contributed by atoms with Gasteiger partial charge < -0.3 is 15.5 Å². The van der Waals surface area contributed by atoms with Gasteiger partial charge in [0.05, 0.1) is 0 Å². The molecule has 0 aliphatic carbocycles. The summed E-state index contributed by atoms with van der Waals surface area (Å²) in [5, 5.41) is 6.16. The summed E-state index contributed by atoms with van der Waals surface area (Å²) in [6, 6.07) is 0.656. The predicted octanol–water partition coefficient (Wildman–Crippen LogP) is 0.502. The fourth-order valence-corrected chi connectivity index (χ4v) is 2.19. The van der Waals surface area contributed by atoms with Crippen molar-refractivity contribution in [2.45, 2.75) is 52.1 Å². The maximum absolute atomic E-state index is 11.9. The summed E-state index contributed by atoms with van der Waals surface area (Å²) >= 11 is 0. The molecule has 5 nitrogen and oxygen atoms in total. The van der Waals surface area contributed by atoms with Crippen molar-refractivity contribution in [3.63, 3.8) is 0 Å². The Bertz CT molecular complexity index is 284. The molecule has 5 heteroatoms. The number of rotatable bonds is 5. The lowest BCUT2D eigenvalue weighted by Gasteiger charge is -2.32. The van der Waals surface area contributed by atoms with Crippen LogP contribution in [-0.2, 0) is 9.59 Å². The number of likely N-dealkylation sites (tertiary alicyclic amines) is 1. The second-order valence-corrected chi connectivity index (χ2v) is 5.21. The first kappa shape index (κ1) is 15.0. The Balaban J connectivity index is 2.21. The van der Waals surface area contributed by atoms with Gasteiger partial charge in [-0.3, -0.25) is 9.59 Å². The first-order chi connectivity index (χ1) is 8.49. The van der Waals surface area contributed by atoms with E-state index in [9.17, 15) is 9.59 Å². The van der Waals surface area contributed by atoms with Crippen LogP contribution in [0.3, 0.4) is 0 Å². The van der Waals surface area contributed by atoms with E-state index in [4.69, 9.17) is 0 Å². The number of amides is 2. The van der Waals surface area contributed by atoms with E-state index in [2.05, 4.69) is 24.5 Å². The normalized spacial score (nSPS) is 17.0. The molecule has 2 N–H and O–H groups in total. The average molecular weight is 255 g/mol. The van der Waals surface area contributed by atoms with Crippen LogP contribution in [0, 0.1) is 0 Å². The van der Waals surface area contributed by atoms with Crippen LogP contribution in [0.15, 0.2) is 0 Å². The number of hydrogen-bond donors (Lipinski definition) is 2. The molecule has 0 aromatic heterocycles. The maximum Gasteiger partial charge on any atom is 0.223 e. The second kappa shape index (κ2) is 7.36. The zero-order valence-electron chi connectivity index (χ0n) is 11.7. The van der Waals surface area contributed by atoms with Crippen LogP contribution in [0.25, 0.3) is 0 Å². The average Bonchev–Trinajstić information content (AvgIpc) is 2.28. The van der Waals surface area contributed by atoms with Gasteiger partial charge in [-0.1, -0.05) is 13.8 Å². The first-order valence-corrected chi connectivity index (χ1v) is 6.77. The Morgan fingerprint density at radius 2 is 1.89 bits per heavy atom. The van der Waals surface area contributed by atoms with Gasteiger partial charge in [-0.05, 0) is 12.8 Å². The largest absolute Gasteiger partial charge is 0.353 e. The predicted molar refractivity (Wildman–Crippen MR) is 71.2 cm³/mol. The van der Waals surface area contributed by atoms with Crippen molar-refractivity contribution in [3.05, 3.63) is 0 Å². The summed E-state index contributed by atoms with van der Waals surface area (Å²) in [6.45, 7) is 7.93. The van der Waals surface area contributed by atoms with Crippen molar-refractivity contribution in [2.24, 2.45) is 0 Å². The lowest BCUT2D eigenvalue weighted by Crippen LogP contribution is -2.46. The highest BCUT2D eigenvalue weighted by atomic mass is 16.2. The number of carbonyl (C=O) groups is 2. The Morgan fingerprint density at radius 3 is 2.39 bits per heavy atom. The van der Waals surface area contributed by atoms with Gasteiger partial charge >= 0.3 is 0 Å². The summed E-state index contributed by atoms with van der Waals surface area (Å²) in [5.41, 5.74) is 0. The third-order valence-corrected chi connectivity index (χ3v) is 3.15. The smallest absolute Gasteiger partial charge is 0.223 e.